The van der Waals surface area contributed by atoms with Crippen LogP contribution in [0.1, 0.15) is 32.7 Å². The largest absolute Gasteiger partial charge is 0.506 e. The van der Waals surface area contributed by atoms with Gasteiger partial charge in [0.1, 0.15) is 18.1 Å². The predicted molar refractivity (Wildman–Crippen MR) is 128 cm³/mol. The molecule has 0 aromatic heterocycles. The number of phenols is 1. The summed E-state index contributed by atoms with van der Waals surface area (Å²) in [4.78, 5) is 24.4. The molecule has 1 aliphatic heterocycles. The minimum Gasteiger partial charge on any atom is -0.506 e. The Hall–Kier alpha value is -4.05. The standard InChI is InChI=1S/C24H23N3O6S/c25-23(29)19-7-1-2-8-22(19)33-15-16-5-3-6-17(13-16)24(30)26-20-14-18(9-10-21(20)28)27-11-4-12-34(27,31)32/h1-3,5-10,13-14,28H,4,11-12,15H2,(H2,25,29)(H,26,30). The maximum absolute atomic E-state index is 12.8. The van der Waals surface area contributed by atoms with Gasteiger partial charge in [0, 0.05) is 12.1 Å². The van der Waals surface area contributed by atoms with Crippen LogP contribution >= 0.6 is 0 Å². The number of nitrogens with two attached hydrogens (primary N) is 1. The third-order valence-electron chi connectivity index (χ3n) is 5.35. The minimum absolute atomic E-state index is 0.0638. The number of ether oxygens (including phenoxy) is 1. The summed E-state index contributed by atoms with van der Waals surface area (Å²) in [6.07, 6.45) is 0.518. The SMILES string of the molecule is NC(=O)c1ccccc1OCc1cccc(C(=O)Nc2cc(N3CCCS3(=O)=O)ccc2O)c1. The van der Waals surface area contributed by atoms with Crippen molar-refractivity contribution >= 4 is 33.2 Å². The summed E-state index contributed by atoms with van der Waals surface area (Å²) in [7, 11) is -3.40. The lowest BCUT2D eigenvalue weighted by molar-refractivity contribution is 0.0994. The van der Waals surface area contributed by atoms with Crippen molar-refractivity contribution in [3.05, 3.63) is 83.4 Å². The minimum atomic E-state index is -3.40. The van der Waals surface area contributed by atoms with Gasteiger partial charge in [0.2, 0.25) is 10.0 Å². The van der Waals surface area contributed by atoms with Crippen LogP contribution in [0.3, 0.4) is 0 Å². The number of rotatable bonds is 7. The number of nitrogens with zero attached hydrogens (tertiary/aromatic N) is 1. The quantitative estimate of drug-likeness (QED) is 0.444. The van der Waals surface area contributed by atoms with Gasteiger partial charge in [-0.3, -0.25) is 13.9 Å². The molecule has 0 spiro atoms. The highest BCUT2D eigenvalue weighted by atomic mass is 32.2. The van der Waals surface area contributed by atoms with Gasteiger partial charge >= 0.3 is 0 Å². The zero-order chi connectivity index (χ0) is 24.3. The molecule has 9 nitrogen and oxygen atoms in total. The lowest BCUT2D eigenvalue weighted by Gasteiger charge is -2.18. The molecule has 1 saturated heterocycles. The average Bonchev–Trinajstić information content (AvgIpc) is 3.18. The van der Waals surface area contributed by atoms with Gasteiger partial charge in [-0.25, -0.2) is 8.42 Å². The van der Waals surface area contributed by atoms with E-state index in [0.29, 0.717) is 35.5 Å². The van der Waals surface area contributed by atoms with Gasteiger partial charge in [0.15, 0.2) is 0 Å². The molecule has 1 aliphatic rings. The molecule has 0 aliphatic carbocycles. The molecular formula is C24H23N3O6S. The Morgan fingerprint density at radius 2 is 1.85 bits per heavy atom. The zero-order valence-electron chi connectivity index (χ0n) is 18.1. The number of nitrogens with one attached hydrogen (secondary N) is 1. The van der Waals surface area contributed by atoms with Gasteiger partial charge in [-0.2, -0.15) is 0 Å². The molecule has 4 N–H and O–H groups in total. The highest BCUT2D eigenvalue weighted by molar-refractivity contribution is 7.93. The summed E-state index contributed by atoms with van der Waals surface area (Å²) in [5.41, 5.74) is 7.08. The van der Waals surface area contributed by atoms with Crippen molar-refractivity contribution in [3.8, 4) is 11.5 Å². The normalized spacial score (nSPS) is 14.5. The zero-order valence-corrected chi connectivity index (χ0v) is 18.9. The van der Waals surface area contributed by atoms with Crippen LogP contribution in [-0.4, -0.2) is 37.6 Å². The van der Waals surface area contributed by atoms with Crippen LogP contribution in [0.15, 0.2) is 66.7 Å². The van der Waals surface area contributed by atoms with Crippen LogP contribution in [0.25, 0.3) is 0 Å². The average molecular weight is 482 g/mol. The Bertz CT molecular complexity index is 1360. The number of anilines is 2. The van der Waals surface area contributed by atoms with Crippen molar-refractivity contribution in [1.82, 2.24) is 0 Å². The van der Waals surface area contributed by atoms with Crippen molar-refractivity contribution in [2.24, 2.45) is 5.73 Å². The van der Waals surface area contributed by atoms with E-state index in [4.69, 9.17) is 10.5 Å². The van der Waals surface area contributed by atoms with E-state index in [1.165, 1.54) is 22.5 Å². The molecule has 0 saturated carbocycles. The number of carbonyl (C=O) groups excluding carboxylic acids is 2. The van der Waals surface area contributed by atoms with Gasteiger partial charge < -0.3 is 20.9 Å². The monoisotopic (exact) mass is 481 g/mol. The summed E-state index contributed by atoms with van der Waals surface area (Å²) in [6.45, 7) is 0.445. The van der Waals surface area contributed by atoms with E-state index >= 15 is 0 Å². The van der Waals surface area contributed by atoms with Crippen LogP contribution in [0.2, 0.25) is 0 Å². The second kappa shape index (κ2) is 9.44. The maximum Gasteiger partial charge on any atom is 0.255 e. The second-order valence-corrected chi connectivity index (χ2v) is 9.76. The van der Waals surface area contributed by atoms with E-state index in [1.54, 1.807) is 48.5 Å². The summed E-state index contributed by atoms with van der Waals surface area (Å²) in [5, 5.41) is 12.8. The van der Waals surface area contributed by atoms with E-state index in [0.717, 1.165) is 0 Å². The molecule has 0 unspecified atom stereocenters. The number of phenolic OH excluding ortho intramolecular Hbond substituents is 1. The van der Waals surface area contributed by atoms with E-state index in [2.05, 4.69) is 5.32 Å². The van der Waals surface area contributed by atoms with Crippen LogP contribution in [-0.2, 0) is 16.6 Å². The van der Waals surface area contributed by atoms with Crippen molar-refractivity contribution in [3.63, 3.8) is 0 Å². The number of para-hydroxylation sites is 1. The summed E-state index contributed by atoms with van der Waals surface area (Å²) in [5.74, 6) is -0.878. The molecule has 4 rings (SSSR count). The number of aromatic hydroxyl groups is 1. The van der Waals surface area contributed by atoms with Gasteiger partial charge in [0.05, 0.1) is 22.7 Å². The summed E-state index contributed by atoms with van der Waals surface area (Å²) in [6, 6.07) is 17.5. The fourth-order valence-corrected chi connectivity index (χ4v) is 5.22. The molecule has 176 valence electrons. The van der Waals surface area contributed by atoms with E-state index in [-0.39, 0.29) is 29.4 Å². The Balaban J connectivity index is 1.49. The van der Waals surface area contributed by atoms with Crippen LogP contribution in [0.5, 0.6) is 11.5 Å². The Kier molecular flexibility index (Phi) is 6.42. The van der Waals surface area contributed by atoms with Crippen molar-refractivity contribution < 1.29 is 27.9 Å². The molecule has 3 aromatic carbocycles. The van der Waals surface area contributed by atoms with E-state index in [1.807, 2.05) is 0 Å². The number of sulfonamides is 1. The Labute approximate surface area is 196 Å². The first-order valence-electron chi connectivity index (χ1n) is 10.5. The van der Waals surface area contributed by atoms with Gasteiger partial charge in [-0.15, -0.1) is 0 Å². The van der Waals surface area contributed by atoms with Gasteiger partial charge in [-0.05, 0) is 54.4 Å². The van der Waals surface area contributed by atoms with Crippen molar-refractivity contribution in [1.29, 1.82) is 0 Å². The number of carbonyl (C=O) groups is 2. The van der Waals surface area contributed by atoms with Crippen LogP contribution in [0.4, 0.5) is 11.4 Å². The van der Waals surface area contributed by atoms with E-state index in [9.17, 15) is 23.1 Å². The Morgan fingerprint density at radius 1 is 1.06 bits per heavy atom. The number of benzene rings is 3. The molecular weight excluding hydrogens is 458 g/mol. The number of hydrogen-bond donors (Lipinski definition) is 3. The molecule has 1 fully saturated rings. The summed E-state index contributed by atoms with van der Waals surface area (Å²) < 4.78 is 31.4. The number of hydrogen-bond acceptors (Lipinski definition) is 6. The molecule has 2 amide bonds. The highest BCUT2D eigenvalue weighted by Crippen LogP contribution is 2.32. The van der Waals surface area contributed by atoms with Crippen LogP contribution in [0, 0.1) is 0 Å². The number of amides is 2. The summed E-state index contributed by atoms with van der Waals surface area (Å²) >= 11 is 0. The molecule has 1 heterocycles. The molecule has 10 heteroatoms. The predicted octanol–water partition coefficient (Wildman–Crippen LogP) is 2.86. The first-order chi connectivity index (χ1) is 16.2. The third kappa shape index (κ3) is 4.96. The fraction of sp³-hybridized carbons (Fsp3) is 0.167. The molecule has 34 heavy (non-hydrogen) atoms. The molecule has 0 radical (unpaired) electrons. The first kappa shape index (κ1) is 23.1. The van der Waals surface area contributed by atoms with Crippen LogP contribution < -0.4 is 20.1 Å². The lowest BCUT2D eigenvalue weighted by Crippen LogP contribution is -2.25. The topological polar surface area (TPSA) is 139 Å². The van der Waals surface area contributed by atoms with Gasteiger partial charge in [-0.1, -0.05) is 24.3 Å². The molecule has 0 bridgehead atoms. The second-order valence-electron chi connectivity index (χ2n) is 7.75. The van der Waals surface area contributed by atoms with Crippen molar-refractivity contribution in [2.45, 2.75) is 13.0 Å². The third-order valence-corrected chi connectivity index (χ3v) is 7.22. The van der Waals surface area contributed by atoms with Gasteiger partial charge in [0.25, 0.3) is 11.8 Å². The smallest absolute Gasteiger partial charge is 0.255 e. The Morgan fingerprint density at radius 3 is 2.59 bits per heavy atom. The van der Waals surface area contributed by atoms with E-state index < -0.39 is 21.8 Å². The lowest BCUT2D eigenvalue weighted by atomic mass is 10.1. The fourth-order valence-electron chi connectivity index (χ4n) is 3.66. The van der Waals surface area contributed by atoms with Crippen molar-refractivity contribution in [2.75, 3.05) is 21.9 Å². The molecule has 0 atom stereocenters. The molecule has 3 aromatic rings. The highest BCUT2D eigenvalue weighted by Gasteiger charge is 2.29. The maximum atomic E-state index is 12.8. The first-order valence-corrected chi connectivity index (χ1v) is 12.1. The number of primary amides is 1.